The first kappa shape index (κ1) is 25.2. The second kappa shape index (κ2) is 10.4. The largest absolute Gasteiger partial charge is 0.444 e. The zero-order valence-electron chi connectivity index (χ0n) is 21.6. The summed E-state index contributed by atoms with van der Waals surface area (Å²) in [4.78, 5) is 34.4. The molecule has 2 saturated heterocycles. The van der Waals surface area contributed by atoms with Crippen molar-refractivity contribution >= 4 is 12.0 Å². The van der Waals surface area contributed by atoms with E-state index in [-0.39, 0.29) is 11.9 Å². The van der Waals surface area contributed by atoms with Crippen molar-refractivity contribution in [1.82, 2.24) is 20.1 Å². The number of carbonyl (C=O) groups is 2. The number of aromatic nitrogens is 1. The lowest BCUT2D eigenvalue weighted by molar-refractivity contribution is 0.0498. The third-order valence-electron chi connectivity index (χ3n) is 7.06. The topological polar surface area (TPSA) is 74.8 Å². The second-order valence-corrected chi connectivity index (χ2v) is 11.0. The molecule has 0 radical (unpaired) electrons. The van der Waals surface area contributed by atoms with E-state index in [9.17, 15) is 9.59 Å². The Morgan fingerprint density at radius 3 is 2.29 bits per heavy atom. The number of aryl methyl sites for hydroxylation is 2. The van der Waals surface area contributed by atoms with Crippen molar-refractivity contribution < 1.29 is 14.3 Å². The van der Waals surface area contributed by atoms with Gasteiger partial charge >= 0.3 is 6.09 Å². The zero-order valence-corrected chi connectivity index (χ0v) is 21.6. The quantitative estimate of drug-likeness (QED) is 0.668. The number of likely N-dealkylation sites (tertiary alicyclic amines) is 2. The van der Waals surface area contributed by atoms with E-state index in [0.29, 0.717) is 11.8 Å². The predicted octanol–water partition coefficient (Wildman–Crippen LogP) is 4.36. The fraction of sp³-hybridized carbons (Fsp3) is 0.536. The average Bonchev–Trinajstić information content (AvgIpc) is 3.35. The van der Waals surface area contributed by atoms with Crippen LogP contribution in [0.1, 0.15) is 60.3 Å². The van der Waals surface area contributed by atoms with E-state index >= 15 is 0 Å². The van der Waals surface area contributed by atoms with Gasteiger partial charge in [0.15, 0.2) is 0 Å². The first-order valence-electron chi connectivity index (χ1n) is 12.6. The number of carbonyl (C=O) groups excluding carboxylic acids is 2. The van der Waals surface area contributed by atoms with Gasteiger partial charge in [0, 0.05) is 50.7 Å². The van der Waals surface area contributed by atoms with Crippen molar-refractivity contribution in [2.75, 3.05) is 32.7 Å². The average molecular weight is 479 g/mol. The summed E-state index contributed by atoms with van der Waals surface area (Å²) in [6.45, 7) is 14.1. The number of nitrogens with zero attached hydrogens (tertiary/aromatic N) is 3. The maximum absolute atomic E-state index is 13.2. The van der Waals surface area contributed by atoms with Crippen molar-refractivity contribution in [3.05, 3.63) is 65.0 Å². The van der Waals surface area contributed by atoms with Gasteiger partial charge in [-0.3, -0.25) is 9.78 Å². The van der Waals surface area contributed by atoms with E-state index in [2.05, 4.69) is 15.2 Å². The molecule has 7 heteroatoms. The highest BCUT2D eigenvalue weighted by atomic mass is 16.6. The molecule has 2 aliphatic rings. The highest BCUT2D eigenvalue weighted by Gasteiger charge is 2.42. The summed E-state index contributed by atoms with van der Waals surface area (Å²) >= 11 is 0. The molecule has 3 atom stereocenters. The Labute approximate surface area is 208 Å². The van der Waals surface area contributed by atoms with Crippen LogP contribution in [0.4, 0.5) is 4.79 Å². The number of rotatable bonds is 6. The number of hydrogen-bond acceptors (Lipinski definition) is 5. The second-order valence-electron chi connectivity index (χ2n) is 11.0. The van der Waals surface area contributed by atoms with Crippen LogP contribution in [-0.2, 0) is 4.74 Å². The molecular formula is C28H38N4O3. The normalized spacial score (nSPS) is 21.0. The lowest BCUT2D eigenvalue weighted by atomic mass is 10.0. The predicted molar refractivity (Wildman–Crippen MR) is 136 cm³/mol. The van der Waals surface area contributed by atoms with Gasteiger partial charge in [0.2, 0.25) is 0 Å². The van der Waals surface area contributed by atoms with Crippen LogP contribution in [0.5, 0.6) is 0 Å². The Balaban J connectivity index is 1.33. The molecule has 1 N–H and O–H groups in total. The standard InChI is InChI=1S/C28H38N4O3/c1-19-8-6-9-20(2)25(19)26(33)32-17-22-15-31(16-23(22)18-32)13-11-24(21-10-7-12-29-14-21)30-27(34)35-28(3,4)5/h6-10,12,14,22-24H,11,13,15-18H2,1-5H3,(H,30,34)/t22-,23?,24?/m0/s1. The number of benzene rings is 1. The molecule has 0 saturated carbocycles. The first-order chi connectivity index (χ1) is 16.6. The van der Waals surface area contributed by atoms with E-state index in [1.165, 1.54) is 0 Å². The minimum absolute atomic E-state index is 0.166. The number of nitrogens with one attached hydrogen (secondary N) is 1. The van der Waals surface area contributed by atoms with Gasteiger partial charge in [-0.05, 0) is 75.6 Å². The van der Waals surface area contributed by atoms with Gasteiger partial charge in [-0.1, -0.05) is 24.3 Å². The summed E-state index contributed by atoms with van der Waals surface area (Å²) in [5.41, 5.74) is 3.39. The molecule has 2 unspecified atom stereocenters. The van der Waals surface area contributed by atoms with Gasteiger partial charge in [0.25, 0.3) is 5.91 Å². The van der Waals surface area contributed by atoms with Crippen LogP contribution in [0.15, 0.2) is 42.7 Å². The zero-order chi connectivity index (χ0) is 25.2. The summed E-state index contributed by atoms with van der Waals surface area (Å²) in [5, 5.41) is 3.03. The monoisotopic (exact) mass is 478 g/mol. The molecule has 0 aliphatic carbocycles. The van der Waals surface area contributed by atoms with E-state index in [1.807, 2.05) is 69.9 Å². The van der Waals surface area contributed by atoms with Gasteiger partial charge in [0.05, 0.1) is 6.04 Å². The van der Waals surface area contributed by atoms with E-state index in [1.54, 1.807) is 12.4 Å². The number of hydrogen-bond donors (Lipinski definition) is 1. The molecule has 2 aromatic rings. The van der Waals surface area contributed by atoms with Crippen molar-refractivity contribution in [3.63, 3.8) is 0 Å². The number of pyridine rings is 1. The molecule has 0 spiro atoms. The fourth-order valence-corrected chi connectivity index (χ4v) is 5.41. The Bertz CT molecular complexity index is 1020. The molecule has 35 heavy (non-hydrogen) atoms. The van der Waals surface area contributed by atoms with Crippen molar-refractivity contribution in [3.8, 4) is 0 Å². The molecule has 1 aromatic carbocycles. The van der Waals surface area contributed by atoms with Crippen LogP contribution in [0.2, 0.25) is 0 Å². The molecular weight excluding hydrogens is 440 g/mol. The van der Waals surface area contributed by atoms with Crippen LogP contribution < -0.4 is 5.32 Å². The van der Waals surface area contributed by atoms with E-state index in [4.69, 9.17) is 4.74 Å². The molecule has 3 heterocycles. The van der Waals surface area contributed by atoms with Gasteiger partial charge < -0.3 is 19.9 Å². The molecule has 2 amide bonds. The van der Waals surface area contributed by atoms with Crippen LogP contribution in [0.3, 0.4) is 0 Å². The summed E-state index contributed by atoms with van der Waals surface area (Å²) in [6.07, 6.45) is 3.90. The highest BCUT2D eigenvalue weighted by Crippen LogP contribution is 2.33. The maximum Gasteiger partial charge on any atom is 0.408 e. The smallest absolute Gasteiger partial charge is 0.408 e. The summed E-state index contributed by atoms with van der Waals surface area (Å²) in [7, 11) is 0. The molecule has 2 fully saturated rings. The molecule has 1 aromatic heterocycles. The summed E-state index contributed by atoms with van der Waals surface area (Å²) in [6, 6.07) is 9.76. The maximum atomic E-state index is 13.2. The summed E-state index contributed by atoms with van der Waals surface area (Å²) in [5.74, 6) is 1.16. The molecule has 2 aliphatic heterocycles. The Kier molecular flexibility index (Phi) is 7.45. The Morgan fingerprint density at radius 2 is 1.71 bits per heavy atom. The van der Waals surface area contributed by atoms with Crippen LogP contribution in [0.25, 0.3) is 0 Å². The van der Waals surface area contributed by atoms with Gasteiger partial charge in [-0.25, -0.2) is 4.79 Å². The van der Waals surface area contributed by atoms with E-state index in [0.717, 1.165) is 61.4 Å². The lowest BCUT2D eigenvalue weighted by Crippen LogP contribution is -2.37. The Morgan fingerprint density at radius 1 is 1.06 bits per heavy atom. The molecule has 7 nitrogen and oxygen atoms in total. The third kappa shape index (κ3) is 6.20. The summed E-state index contributed by atoms with van der Waals surface area (Å²) < 4.78 is 5.49. The van der Waals surface area contributed by atoms with E-state index < -0.39 is 11.7 Å². The first-order valence-corrected chi connectivity index (χ1v) is 12.6. The van der Waals surface area contributed by atoms with Crippen molar-refractivity contribution in [1.29, 1.82) is 0 Å². The SMILES string of the molecule is Cc1cccc(C)c1C(=O)N1CC2CN(CCC(NC(=O)OC(C)(C)C)c3cccnc3)C[C@H]2C1. The van der Waals surface area contributed by atoms with Gasteiger partial charge in [-0.15, -0.1) is 0 Å². The number of fused-ring (bicyclic) bond motifs is 1. The molecule has 4 rings (SSSR count). The lowest BCUT2D eigenvalue weighted by Gasteiger charge is -2.26. The minimum Gasteiger partial charge on any atom is -0.444 e. The molecule has 0 bridgehead atoms. The fourth-order valence-electron chi connectivity index (χ4n) is 5.41. The van der Waals surface area contributed by atoms with Gasteiger partial charge in [0.1, 0.15) is 5.60 Å². The van der Waals surface area contributed by atoms with Crippen molar-refractivity contribution in [2.45, 2.75) is 52.7 Å². The van der Waals surface area contributed by atoms with Gasteiger partial charge in [-0.2, -0.15) is 0 Å². The van der Waals surface area contributed by atoms with Crippen LogP contribution >= 0.6 is 0 Å². The number of alkyl carbamates (subject to hydrolysis) is 1. The highest BCUT2D eigenvalue weighted by molar-refractivity contribution is 5.97. The van der Waals surface area contributed by atoms with Crippen LogP contribution in [0, 0.1) is 25.7 Å². The van der Waals surface area contributed by atoms with Crippen LogP contribution in [-0.4, -0.2) is 65.1 Å². The minimum atomic E-state index is -0.546. The number of amides is 2. The number of ether oxygens (including phenoxy) is 1. The molecule has 188 valence electrons. The van der Waals surface area contributed by atoms with Crippen molar-refractivity contribution in [2.24, 2.45) is 11.8 Å². The third-order valence-corrected chi connectivity index (χ3v) is 7.06. The Hall–Kier alpha value is -2.93.